The Morgan fingerprint density at radius 3 is 3.14 bits per heavy atom. The van der Waals surface area contributed by atoms with E-state index in [1.54, 1.807) is 18.7 Å². The third-order valence-electron chi connectivity index (χ3n) is 3.58. The van der Waals surface area contributed by atoms with Crippen molar-refractivity contribution < 1.29 is 4.79 Å². The zero-order valence-corrected chi connectivity index (χ0v) is 12.1. The lowest BCUT2D eigenvalue weighted by Crippen LogP contribution is -2.44. The van der Waals surface area contributed by atoms with Crippen LogP contribution in [0.25, 0.3) is 0 Å². The smallest absolute Gasteiger partial charge is 0.242 e. The lowest BCUT2D eigenvalue weighted by Gasteiger charge is -2.23. The van der Waals surface area contributed by atoms with Crippen LogP contribution in [0, 0.1) is 0 Å². The number of amides is 1. The number of fused-ring (bicyclic) bond motifs is 1. The number of hydrogen-bond donors (Lipinski definition) is 3. The van der Waals surface area contributed by atoms with E-state index in [2.05, 4.69) is 25.6 Å². The maximum absolute atomic E-state index is 12.4. The van der Waals surface area contributed by atoms with Gasteiger partial charge in [-0.25, -0.2) is 4.98 Å². The number of hydrogen-bond acceptors (Lipinski definition) is 5. The number of imidazole rings is 1. The summed E-state index contributed by atoms with van der Waals surface area (Å²) in [6.07, 6.45) is 5.62. The fourth-order valence-electron chi connectivity index (χ4n) is 2.45. The molecule has 1 aliphatic heterocycles. The van der Waals surface area contributed by atoms with E-state index in [0.717, 1.165) is 17.1 Å². The zero-order chi connectivity index (χ0) is 14.8. The van der Waals surface area contributed by atoms with Crippen molar-refractivity contribution in [3.63, 3.8) is 0 Å². The summed E-state index contributed by atoms with van der Waals surface area (Å²) in [5.41, 5.74) is 3.64. The van der Waals surface area contributed by atoms with E-state index in [1.165, 1.54) is 0 Å². The van der Waals surface area contributed by atoms with Gasteiger partial charge in [0.2, 0.25) is 5.91 Å². The predicted molar refractivity (Wildman–Crippen MR) is 80.1 cm³/mol. The number of anilines is 2. The molecule has 0 radical (unpaired) electrons. The van der Waals surface area contributed by atoms with Crippen LogP contribution in [0.5, 0.6) is 0 Å². The number of carbonyl (C=O) groups excluding carboxylic acids is 1. The van der Waals surface area contributed by atoms with Crippen LogP contribution in [0.15, 0.2) is 24.8 Å². The third kappa shape index (κ3) is 2.73. The van der Waals surface area contributed by atoms with Crippen molar-refractivity contribution in [3.8, 4) is 0 Å². The number of nitrogens with one attached hydrogen (secondary N) is 3. The Bertz CT molecular complexity index is 650. The SMILES string of the molecule is CN(C)c1ccncc1NC(=O)C1Cc2nc[nH]c2CN1. The molecule has 0 saturated heterocycles. The number of rotatable bonds is 3. The van der Waals surface area contributed by atoms with Crippen LogP contribution in [-0.2, 0) is 17.8 Å². The average molecular weight is 286 g/mol. The van der Waals surface area contributed by atoms with Gasteiger partial charge in [0.05, 0.1) is 41.3 Å². The monoisotopic (exact) mass is 286 g/mol. The Morgan fingerprint density at radius 1 is 1.48 bits per heavy atom. The van der Waals surface area contributed by atoms with Crippen molar-refractivity contribution in [1.29, 1.82) is 0 Å². The van der Waals surface area contributed by atoms with E-state index < -0.39 is 0 Å². The van der Waals surface area contributed by atoms with Crippen LogP contribution in [0.1, 0.15) is 11.4 Å². The second-order valence-corrected chi connectivity index (χ2v) is 5.24. The summed E-state index contributed by atoms with van der Waals surface area (Å²) in [6, 6.07) is 1.59. The molecular formula is C14H18N6O. The minimum absolute atomic E-state index is 0.0697. The lowest BCUT2D eigenvalue weighted by atomic mass is 10.0. The molecule has 0 saturated carbocycles. The molecule has 0 aromatic carbocycles. The van der Waals surface area contributed by atoms with Crippen molar-refractivity contribution in [2.45, 2.75) is 19.0 Å². The molecule has 1 atom stereocenters. The zero-order valence-electron chi connectivity index (χ0n) is 12.1. The lowest BCUT2D eigenvalue weighted by molar-refractivity contribution is -0.118. The predicted octanol–water partition coefficient (Wildman–Crippen LogP) is 0.524. The molecule has 7 nitrogen and oxygen atoms in total. The molecule has 2 aromatic heterocycles. The van der Waals surface area contributed by atoms with E-state index in [9.17, 15) is 4.79 Å². The van der Waals surface area contributed by atoms with Crippen molar-refractivity contribution in [2.75, 3.05) is 24.3 Å². The first-order valence-corrected chi connectivity index (χ1v) is 6.82. The fraction of sp³-hybridized carbons (Fsp3) is 0.357. The molecule has 110 valence electrons. The molecule has 0 fully saturated rings. The molecule has 0 bridgehead atoms. The van der Waals surface area contributed by atoms with E-state index in [0.29, 0.717) is 18.7 Å². The first kappa shape index (κ1) is 13.6. The molecule has 1 unspecified atom stereocenters. The maximum atomic E-state index is 12.4. The second kappa shape index (κ2) is 5.53. The van der Waals surface area contributed by atoms with Crippen LogP contribution in [0.4, 0.5) is 11.4 Å². The van der Waals surface area contributed by atoms with Crippen LogP contribution in [0.2, 0.25) is 0 Å². The van der Waals surface area contributed by atoms with Crippen molar-refractivity contribution >= 4 is 17.3 Å². The summed E-state index contributed by atoms with van der Waals surface area (Å²) in [6.45, 7) is 0.626. The average Bonchev–Trinajstić information content (AvgIpc) is 2.94. The number of carbonyl (C=O) groups is 1. The molecule has 3 rings (SSSR count). The molecule has 3 N–H and O–H groups in total. The summed E-state index contributed by atoms with van der Waals surface area (Å²) in [5, 5.41) is 6.15. The second-order valence-electron chi connectivity index (χ2n) is 5.24. The van der Waals surface area contributed by atoms with E-state index in [4.69, 9.17) is 0 Å². The van der Waals surface area contributed by atoms with Crippen LogP contribution in [0.3, 0.4) is 0 Å². The molecule has 7 heteroatoms. The molecule has 0 aliphatic carbocycles. The van der Waals surface area contributed by atoms with Gasteiger partial charge in [-0.05, 0) is 6.07 Å². The largest absolute Gasteiger partial charge is 0.376 e. The summed E-state index contributed by atoms with van der Waals surface area (Å²) in [5.74, 6) is -0.0697. The highest BCUT2D eigenvalue weighted by Crippen LogP contribution is 2.23. The molecular weight excluding hydrogens is 268 g/mol. The van der Waals surface area contributed by atoms with Crippen molar-refractivity contribution in [1.82, 2.24) is 20.3 Å². The van der Waals surface area contributed by atoms with Crippen LogP contribution in [-0.4, -0.2) is 41.0 Å². The Kier molecular flexibility index (Phi) is 3.57. The van der Waals surface area contributed by atoms with Gasteiger partial charge in [-0.15, -0.1) is 0 Å². The summed E-state index contributed by atoms with van der Waals surface area (Å²) < 4.78 is 0. The van der Waals surface area contributed by atoms with Gasteiger partial charge in [0.15, 0.2) is 0 Å². The van der Waals surface area contributed by atoms with Gasteiger partial charge in [-0.3, -0.25) is 15.1 Å². The standard InChI is InChI=1S/C14H18N6O/c1-20(2)13-3-4-15-6-12(13)19-14(21)10-5-9-11(7-16-10)18-8-17-9/h3-4,6,8,10,16H,5,7H2,1-2H3,(H,17,18)(H,19,21). The Hall–Kier alpha value is -2.41. The number of H-pyrrole nitrogens is 1. The highest BCUT2D eigenvalue weighted by Gasteiger charge is 2.26. The Morgan fingerprint density at radius 2 is 2.33 bits per heavy atom. The van der Waals surface area contributed by atoms with Gasteiger partial charge in [0.1, 0.15) is 0 Å². The molecule has 21 heavy (non-hydrogen) atoms. The van der Waals surface area contributed by atoms with E-state index in [1.807, 2.05) is 25.1 Å². The number of pyridine rings is 1. The van der Waals surface area contributed by atoms with Crippen molar-refractivity contribution in [3.05, 3.63) is 36.2 Å². The van der Waals surface area contributed by atoms with Gasteiger partial charge in [-0.1, -0.05) is 0 Å². The fourth-order valence-corrected chi connectivity index (χ4v) is 2.45. The van der Waals surface area contributed by atoms with E-state index in [-0.39, 0.29) is 11.9 Å². The minimum Gasteiger partial charge on any atom is -0.376 e. The minimum atomic E-state index is -0.281. The summed E-state index contributed by atoms with van der Waals surface area (Å²) in [4.78, 5) is 25.7. The first-order valence-electron chi connectivity index (χ1n) is 6.82. The van der Waals surface area contributed by atoms with E-state index >= 15 is 0 Å². The topological polar surface area (TPSA) is 85.9 Å². The van der Waals surface area contributed by atoms with Crippen LogP contribution < -0.4 is 15.5 Å². The Labute approximate surface area is 122 Å². The summed E-state index contributed by atoms with van der Waals surface area (Å²) >= 11 is 0. The molecule has 0 spiro atoms. The van der Waals surface area contributed by atoms with Crippen molar-refractivity contribution in [2.24, 2.45) is 0 Å². The molecule has 2 aromatic rings. The highest BCUT2D eigenvalue weighted by molar-refractivity contribution is 5.97. The van der Waals surface area contributed by atoms with Gasteiger partial charge in [-0.2, -0.15) is 0 Å². The third-order valence-corrected chi connectivity index (χ3v) is 3.58. The maximum Gasteiger partial charge on any atom is 0.242 e. The molecule has 3 heterocycles. The van der Waals surface area contributed by atoms with Gasteiger partial charge < -0.3 is 15.2 Å². The Balaban J connectivity index is 1.73. The molecule has 1 aliphatic rings. The molecule has 1 amide bonds. The van der Waals surface area contributed by atoms with Gasteiger partial charge >= 0.3 is 0 Å². The van der Waals surface area contributed by atoms with Crippen LogP contribution >= 0.6 is 0 Å². The first-order chi connectivity index (χ1) is 10.1. The number of nitrogens with zero attached hydrogens (tertiary/aromatic N) is 3. The quantitative estimate of drug-likeness (QED) is 0.766. The normalized spacial score (nSPS) is 17.1. The number of aromatic nitrogens is 3. The van der Waals surface area contributed by atoms with Gasteiger partial charge in [0.25, 0.3) is 0 Å². The highest BCUT2D eigenvalue weighted by atomic mass is 16.2. The van der Waals surface area contributed by atoms with Gasteiger partial charge in [0, 0.05) is 33.3 Å². The summed E-state index contributed by atoms with van der Waals surface area (Å²) in [7, 11) is 3.86. The number of aromatic amines is 1.